The van der Waals surface area contributed by atoms with Gasteiger partial charge in [-0.05, 0) is 49.3 Å². The van der Waals surface area contributed by atoms with E-state index in [0.29, 0.717) is 16.4 Å². The lowest BCUT2D eigenvalue weighted by Crippen LogP contribution is -2.33. The summed E-state index contributed by atoms with van der Waals surface area (Å²) in [7, 11) is 1.93. The Bertz CT molecular complexity index is 628. The number of nitrogens with zero attached hydrogens (tertiary/aromatic N) is 1. The summed E-state index contributed by atoms with van der Waals surface area (Å²) in [6, 6.07) is 15.3. The van der Waals surface area contributed by atoms with Gasteiger partial charge in [-0.25, -0.2) is 4.39 Å². The quantitative estimate of drug-likeness (QED) is 0.839. The Morgan fingerprint density at radius 1 is 1.19 bits per heavy atom. The summed E-state index contributed by atoms with van der Waals surface area (Å²) in [4.78, 5) is 1.96. The maximum Gasteiger partial charge on any atom is 0.173 e. The number of nitrogens with one attached hydrogen (secondary N) is 1. The number of hydrogen-bond donors (Lipinski definition) is 1. The number of hydrogen-bond acceptors (Lipinski definition) is 1. The van der Waals surface area contributed by atoms with Gasteiger partial charge in [-0.3, -0.25) is 0 Å². The number of rotatable bonds is 3. The maximum atomic E-state index is 13.6. The largest absolute Gasteiger partial charge is 0.345 e. The summed E-state index contributed by atoms with van der Waals surface area (Å²) >= 11 is 5.40. The fourth-order valence-electron chi connectivity index (χ4n) is 2.01. The Labute approximate surface area is 130 Å². The van der Waals surface area contributed by atoms with Crippen molar-refractivity contribution in [3.8, 4) is 0 Å². The first kappa shape index (κ1) is 15.4. The van der Waals surface area contributed by atoms with Crippen LogP contribution in [0.15, 0.2) is 48.5 Å². The standard InChI is InChI=1S/C17H19FN2S/c1-12-9-10-15(11-16(12)18)19-17(21)20(3)13(2)14-7-5-4-6-8-14/h4-11,13H,1-3H3,(H,19,21)/t13-/m1/s1. The second-order valence-electron chi connectivity index (χ2n) is 5.09. The van der Waals surface area contributed by atoms with Gasteiger partial charge in [0.15, 0.2) is 5.11 Å². The predicted octanol–water partition coefficient (Wildman–Crippen LogP) is 4.52. The average Bonchev–Trinajstić information content (AvgIpc) is 2.50. The minimum Gasteiger partial charge on any atom is -0.345 e. The van der Waals surface area contributed by atoms with Gasteiger partial charge in [-0.1, -0.05) is 36.4 Å². The molecule has 0 bridgehead atoms. The van der Waals surface area contributed by atoms with Crippen molar-refractivity contribution in [1.82, 2.24) is 4.90 Å². The molecule has 0 amide bonds. The van der Waals surface area contributed by atoms with Crippen molar-refractivity contribution in [2.24, 2.45) is 0 Å². The fourth-order valence-corrected chi connectivity index (χ4v) is 2.29. The van der Waals surface area contributed by atoms with Gasteiger partial charge in [-0.2, -0.15) is 0 Å². The number of thiocarbonyl (C=S) groups is 1. The van der Waals surface area contributed by atoms with E-state index in [1.54, 1.807) is 13.0 Å². The molecule has 4 heteroatoms. The van der Waals surface area contributed by atoms with Crippen molar-refractivity contribution in [3.63, 3.8) is 0 Å². The van der Waals surface area contributed by atoms with Crippen LogP contribution in [0.25, 0.3) is 0 Å². The molecule has 2 aromatic carbocycles. The van der Waals surface area contributed by atoms with Crippen LogP contribution in [-0.2, 0) is 0 Å². The number of aryl methyl sites for hydroxylation is 1. The third kappa shape index (κ3) is 3.79. The minimum atomic E-state index is -0.235. The third-order valence-electron chi connectivity index (χ3n) is 3.61. The van der Waals surface area contributed by atoms with Crippen molar-refractivity contribution in [2.75, 3.05) is 12.4 Å². The van der Waals surface area contributed by atoms with Crippen molar-refractivity contribution >= 4 is 23.0 Å². The monoisotopic (exact) mass is 302 g/mol. The summed E-state index contributed by atoms with van der Waals surface area (Å²) < 4.78 is 13.6. The molecule has 0 aliphatic rings. The molecule has 0 heterocycles. The van der Waals surface area contributed by atoms with Crippen LogP contribution >= 0.6 is 12.2 Å². The first-order chi connectivity index (χ1) is 9.99. The Kier molecular flexibility index (Phi) is 4.91. The molecule has 2 aromatic rings. The lowest BCUT2D eigenvalue weighted by Gasteiger charge is -2.28. The second-order valence-corrected chi connectivity index (χ2v) is 5.48. The van der Waals surface area contributed by atoms with Gasteiger partial charge in [-0.15, -0.1) is 0 Å². The molecule has 0 radical (unpaired) electrons. The average molecular weight is 302 g/mol. The van der Waals surface area contributed by atoms with Crippen LogP contribution in [0.2, 0.25) is 0 Å². The van der Waals surface area contributed by atoms with E-state index in [4.69, 9.17) is 12.2 Å². The highest BCUT2D eigenvalue weighted by Gasteiger charge is 2.14. The highest BCUT2D eigenvalue weighted by molar-refractivity contribution is 7.80. The normalized spacial score (nSPS) is 11.8. The van der Waals surface area contributed by atoms with Crippen LogP contribution in [0.4, 0.5) is 10.1 Å². The second kappa shape index (κ2) is 6.68. The number of halogens is 1. The van der Waals surface area contributed by atoms with Gasteiger partial charge >= 0.3 is 0 Å². The van der Waals surface area contributed by atoms with Gasteiger partial charge in [0.25, 0.3) is 0 Å². The molecule has 21 heavy (non-hydrogen) atoms. The summed E-state index contributed by atoms with van der Waals surface area (Å²) in [5, 5.41) is 3.64. The SMILES string of the molecule is Cc1ccc(NC(=S)N(C)[C@H](C)c2ccccc2)cc1F. The van der Waals surface area contributed by atoms with E-state index in [1.165, 1.54) is 11.6 Å². The highest BCUT2D eigenvalue weighted by atomic mass is 32.1. The van der Waals surface area contributed by atoms with Gasteiger partial charge in [0.1, 0.15) is 5.82 Å². The van der Waals surface area contributed by atoms with E-state index >= 15 is 0 Å². The molecule has 0 spiro atoms. The Balaban J connectivity index is 2.07. The van der Waals surface area contributed by atoms with E-state index in [-0.39, 0.29) is 11.9 Å². The van der Waals surface area contributed by atoms with Crippen LogP contribution < -0.4 is 5.32 Å². The zero-order valence-electron chi connectivity index (χ0n) is 12.4. The summed E-state index contributed by atoms with van der Waals surface area (Å²) in [6.45, 7) is 3.82. The van der Waals surface area contributed by atoms with Crippen molar-refractivity contribution in [3.05, 3.63) is 65.5 Å². The van der Waals surface area contributed by atoms with E-state index in [2.05, 4.69) is 24.4 Å². The van der Waals surface area contributed by atoms with Gasteiger partial charge in [0.05, 0.1) is 6.04 Å². The molecule has 2 rings (SSSR count). The maximum absolute atomic E-state index is 13.6. The zero-order valence-corrected chi connectivity index (χ0v) is 13.2. The Hall–Kier alpha value is -1.94. The Morgan fingerprint density at radius 3 is 2.48 bits per heavy atom. The van der Waals surface area contributed by atoms with E-state index in [0.717, 1.165) is 0 Å². The predicted molar refractivity (Wildman–Crippen MR) is 90.0 cm³/mol. The molecular formula is C17H19FN2S. The van der Waals surface area contributed by atoms with Crippen molar-refractivity contribution in [2.45, 2.75) is 19.9 Å². The first-order valence-electron chi connectivity index (χ1n) is 6.84. The first-order valence-corrected chi connectivity index (χ1v) is 7.25. The smallest absolute Gasteiger partial charge is 0.173 e. The van der Waals surface area contributed by atoms with E-state index < -0.39 is 0 Å². The summed E-state index contributed by atoms with van der Waals surface area (Å²) in [6.07, 6.45) is 0. The molecule has 110 valence electrons. The van der Waals surface area contributed by atoms with Crippen LogP contribution in [0.1, 0.15) is 24.1 Å². The molecule has 0 aliphatic heterocycles. The molecular weight excluding hydrogens is 283 g/mol. The number of anilines is 1. The highest BCUT2D eigenvalue weighted by Crippen LogP contribution is 2.20. The van der Waals surface area contributed by atoms with Gasteiger partial charge in [0.2, 0.25) is 0 Å². The molecule has 0 fully saturated rings. The minimum absolute atomic E-state index is 0.140. The van der Waals surface area contributed by atoms with E-state index in [9.17, 15) is 4.39 Å². The Morgan fingerprint density at radius 2 is 1.86 bits per heavy atom. The molecule has 0 aliphatic carbocycles. The molecule has 1 N–H and O–H groups in total. The van der Waals surface area contributed by atoms with Gasteiger partial charge in [0, 0.05) is 12.7 Å². The van der Waals surface area contributed by atoms with Gasteiger partial charge < -0.3 is 10.2 Å². The zero-order chi connectivity index (χ0) is 15.4. The van der Waals surface area contributed by atoms with Crippen molar-refractivity contribution in [1.29, 1.82) is 0 Å². The summed E-state index contributed by atoms with van der Waals surface area (Å²) in [5.74, 6) is -0.235. The van der Waals surface area contributed by atoms with Crippen LogP contribution in [0.5, 0.6) is 0 Å². The topological polar surface area (TPSA) is 15.3 Å². The molecule has 0 aromatic heterocycles. The molecule has 0 saturated carbocycles. The van der Waals surface area contributed by atoms with Crippen LogP contribution in [0, 0.1) is 12.7 Å². The van der Waals surface area contributed by atoms with Crippen molar-refractivity contribution < 1.29 is 4.39 Å². The fraction of sp³-hybridized carbons (Fsp3) is 0.235. The van der Waals surface area contributed by atoms with Crippen LogP contribution in [0.3, 0.4) is 0 Å². The molecule has 1 atom stereocenters. The lowest BCUT2D eigenvalue weighted by molar-refractivity contribution is 0.408. The van der Waals surface area contributed by atoms with E-state index in [1.807, 2.05) is 36.2 Å². The molecule has 0 unspecified atom stereocenters. The summed E-state index contributed by atoms with van der Waals surface area (Å²) in [5.41, 5.74) is 2.46. The molecule has 0 saturated heterocycles. The number of benzene rings is 2. The van der Waals surface area contributed by atoms with Crippen LogP contribution in [-0.4, -0.2) is 17.1 Å². The third-order valence-corrected chi connectivity index (χ3v) is 4.00. The lowest BCUT2D eigenvalue weighted by atomic mass is 10.1. The molecule has 2 nitrogen and oxygen atoms in total.